The van der Waals surface area contributed by atoms with Crippen molar-refractivity contribution in [3.63, 3.8) is 0 Å². The van der Waals surface area contributed by atoms with Gasteiger partial charge >= 0.3 is 0 Å². The lowest BCUT2D eigenvalue weighted by atomic mass is 9.99. The maximum absolute atomic E-state index is 12.4. The van der Waals surface area contributed by atoms with Crippen molar-refractivity contribution >= 4 is 21.6 Å². The number of nitrogens with one attached hydrogen (secondary N) is 1. The van der Waals surface area contributed by atoms with Gasteiger partial charge in [0.1, 0.15) is 6.54 Å². The number of anilines is 1. The molecule has 1 aliphatic heterocycles. The van der Waals surface area contributed by atoms with Gasteiger partial charge < -0.3 is 19.7 Å². The highest BCUT2D eigenvalue weighted by Gasteiger charge is 2.22. The Morgan fingerprint density at radius 1 is 1.21 bits per heavy atom. The molecule has 9 heteroatoms. The molecule has 0 saturated carbocycles. The fourth-order valence-electron chi connectivity index (χ4n) is 3.38. The Hall–Kier alpha value is -2.00. The minimum Gasteiger partial charge on any atom is -0.493 e. The molecule has 0 spiro atoms. The van der Waals surface area contributed by atoms with Gasteiger partial charge in [0.25, 0.3) is 0 Å². The molecule has 0 unspecified atom stereocenters. The average Bonchev–Trinajstić information content (AvgIpc) is 2.69. The van der Waals surface area contributed by atoms with Crippen LogP contribution in [0, 0.1) is 5.92 Å². The van der Waals surface area contributed by atoms with Gasteiger partial charge in [0.05, 0.1) is 26.2 Å². The molecule has 0 radical (unpaired) electrons. The van der Waals surface area contributed by atoms with Gasteiger partial charge in [0.2, 0.25) is 15.9 Å². The first-order valence-electron chi connectivity index (χ1n) is 9.93. The maximum Gasteiger partial charge on any atom is 0.240 e. The van der Waals surface area contributed by atoms with Crippen LogP contribution < -0.4 is 19.1 Å². The fraction of sp³-hybridized carbons (Fsp3) is 0.650. The third-order valence-electron chi connectivity index (χ3n) is 5.19. The molecule has 164 valence electrons. The van der Waals surface area contributed by atoms with Gasteiger partial charge in [0.15, 0.2) is 11.5 Å². The van der Waals surface area contributed by atoms with Crippen molar-refractivity contribution in [2.75, 3.05) is 57.5 Å². The number of amides is 1. The maximum atomic E-state index is 12.4. The largest absolute Gasteiger partial charge is 0.493 e. The van der Waals surface area contributed by atoms with Gasteiger partial charge in [-0.2, -0.15) is 0 Å². The lowest BCUT2D eigenvalue weighted by Crippen LogP contribution is -2.41. The number of piperidine rings is 1. The van der Waals surface area contributed by atoms with Crippen LogP contribution in [0.3, 0.4) is 0 Å². The summed E-state index contributed by atoms with van der Waals surface area (Å²) in [6.07, 6.45) is 4.37. The molecule has 0 aliphatic carbocycles. The van der Waals surface area contributed by atoms with E-state index < -0.39 is 10.0 Å². The first-order valence-corrected chi connectivity index (χ1v) is 11.8. The van der Waals surface area contributed by atoms with Crippen molar-refractivity contribution in [2.45, 2.75) is 26.2 Å². The van der Waals surface area contributed by atoms with E-state index in [1.807, 2.05) is 0 Å². The molecule has 1 heterocycles. The van der Waals surface area contributed by atoms with Crippen LogP contribution in [0.1, 0.15) is 26.2 Å². The van der Waals surface area contributed by atoms with E-state index in [0.29, 0.717) is 23.7 Å². The molecule has 0 bridgehead atoms. The summed E-state index contributed by atoms with van der Waals surface area (Å²) in [6.45, 7) is 5.68. The van der Waals surface area contributed by atoms with E-state index >= 15 is 0 Å². The highest BCUT2D eigenvalue weighted by atomic mass is 32.2. The van der Waals surface area contributed by atoms with Crippen molar-refractivity contribution in [2.24, 2.45) is 5.92 Å². The second-order valence-corrected chi connectivity index (χ2v) is 9.44. The van der Waals surface area contributed by atoms with Gasteiger partial charge in [-0.1, -0.05) is 6.92 Å². The summed E-state index contributed by atoms with van der Waals surface area (Å²) in [5.74, 6) is 1.35. The van der Waals surface area contributed by atoms with Crippen LogP contribution in [0.5, 0.6) is 11.5 Å². The van der Waals surface area contributed by atoms with Crippen LogP contribution in [0.4, 0.5) is 5.69 Å². The molecule has 1 amide bonds. The van der Waals surface area contributed by atoms with Crippen molar-refractivity contribution < 1.29 is 22.7 Å². The number of rotatable bonds is 10. The molecule has 1 aliphatic rings. The van der Waals surface area contributed by atoms with Gasteiger partial charge in [-0.05, 0) is 56.9 Å². The lowest BCUT2D eigenvalue weighted by molar-refractivity contribution is -0.119. The molecule has 1 saturated heterocycles. The Labute approximate surface area is 174 Å². The summed E-state index contributed by atoms with van der Waals surface area (Å²) < 4.78 is 36.0. The monoisotopic (exact) mass is 427 g/mol. The first kappa shape index (κ1) is 23.3. The zero-order valence-corrected chi connectivity index (χ0v) is 18.6. The Morgan fingerprint density at radius 3 is 2.45 bits per heavy atom. The van der Waals surface area contributed by atoms with E-state index in [0.717, 1.165) is 42.5 Å². The third-order valence-corrected chi connectivity index (χ3v) is 6.33. The van der Waals surface area contributed by atoms with Gasteiger partial charge in [-0.3, -0.25) is 9.10 Å². The van der Waals surface area contributed by atoms with Gasteiger partial charge in [-0.25, -0.2) is 8.42 Å². The number of carbonyl (C=O) groups excluding carboxylic acids is 1. The molecule has 1 N–H and O–H groups in total. The van der Waals surface area contributed by atoms with E-state index in [4.69, 9.17) is 9.47 Å². The van der Waals surface area contributed by atoms with E-state index in [-0.39, 0.29) is 12.5 Å². The van der Waals surface area contributed by atoms with Crippen molar-refractivity contribution in [1.82, 2.24) is 10.2 Å². The molecule has 1 aromatic carbocycles. The molecule has 0 atom stereocenters. The summed E-state index contributed by atoms with van der Waals surface area (Å²) >= 11 is 0. The third kappa shape index (κ3) is 7.08. The Morgan fingerprint density at radius 2 is 1.86 bits per heavy atom. The summed E-state index contributed by atoms with van der Waals surface area (Å²) in [4.78, 5) is 14.8. The van der Waals surface area contributed by atoms with Crippen molar-refractivity contribution in [1.29, 1.82) is 0 Å². The number of sulfonamides is 1. The smallest absolute Gasteiger partial charge is 0.240 e. The minimum atomic E-state index is -3.64. The van der Waals surface area contributed by atoms with Crippen molar-refractivity contribution in [3.05, 3.63) is 18.2 Å². The summed E-state index contributed by atoms with van der Waals surface area (Å²) in [7, 11) is -0.665. The van der Waals surface area contributed by atoms with E-state index in [2.05, 4.69) is 17.1 Å². The molecule has 8 nitrogen and oxygen atoms in total. The molecule has 1 fully saturated rings. The van der Waals surface area contributed by atoms with Crippen LogP contribution in [0.15, 0.2) is 18.2 Å². The topological polar surface area (TPSA) is 88.2 Å². The van der Waals surface area contributed by atoms with Gasteiger partial charge in [0, 0.05) is 12.6 Å². The number of ether oxygens (including phenoxy) is 2. The zero-order chi connectivity index (χ0) is 21.4. The number of nitrogens with zero attached hydrogens (tertiary/aromatic N) is 2. The summed E-state index contributed by atoms with van der Waals surface area (Å²) in [5, 5.41) is 2.83. The fourth-order valence-corrected chi connectivity index (χ4v) is 4.23. The van der Waals surface area contributed by atoms with Crippen LogP contribution in [0.25, 0.3) is 0 Å². The van der Waals surface area contributed by atoms with Crippen LogP contribution in [-0.4, -0.2) is 72.4 Å². The highest BCUT2D eigenvalue weighted by Crippen LogP contribution is 2.32. The molecular weight excluding hydrogens is 394 g/mol. The number of hydrogen-bond donors (Lipinski definition) is 1. The number of carbonyl (C=O) groups is 1. The Kier molecular flexibility index (Phi) is 8.58. The summed E-state index contributed by atoms with van der Waals surface area (Å²) in [6, 6.07) is 4.75. The second-order valence-electron chi connectivity index (χ2n) is 7.54. The number of benzene rings is 1. The first-order chi connectivity index (χ1) is 13.7. The van der Waals surface area contributed by atoms with E-state index in [1.54, 1.807) is 18.2 Å². The van der Waals surface area contributed by atoms with Gasteiger partial charge in [-0.15, -0.1) is 0 Å². The van der Waals surface area contributed by atoms with Crippen LogP contribution in [0.2, 0.25) is 0 Å². The summed E-state index contributed by atoms with van der Waals surface area (Å²) in [5.41, 5.74) is 0.350. The number of likely N-dealkylation sites (tertiary alicyclic amines) is 1. The minimum absolute atomic E-state index is 0.282. The highest BCUT2D eigenvalue weighted by molar-refractivity contribution is 7.92. The predicted molar refractivity (Wildman–Crippen MR) is 114 cm³/mol. The van der Waals surface area contributed by atoms with Crippen molar-refractivity contribution in [3.8, 4) is 11.5 Å². The molecular formula is C20H33N3O5S. The normalized spacial score (nSPS) is 15.7. The van der Waals surface area contributed by atoms with E-state index in [1.165, 1.54) is 27.1 Å². The molecule has 29 heavy (non-hydrogen) atoms. The lowest BCUT2D eigenvalue weighted by Gasteiger charge is -2.30. The van der Waals surface area contributed by atoms with E-state index in [9.17, 15) is 13.2 Å². The molecule has 0 aromatic heterocycles. The van der Waals surface area contributed by atoms with Crippen LogP contribution in [-0.2, 0) is 14.8 Å². The van der Waals surface area contributed by atoms with Crippen LogP contribution >= 0.6 is 0 Å². The SMILES string of the molecule is COc1ccc(N(CC(=O)NCCCN2CCC(C)CC2)S(C)(=O)=O)cc1OC. The molecule has 1 aromatic rings. The second kappa shape index (κ2) is 10.7. The standard InChI is InChI=1S/C20H33N3O5S/c1-16-8-12-22(13-9-16)11-5-10-21-20(24)15-23(29(4,25)26)17-6-7-18(27-2)19(14-17)28-3/h6-7,14,16H,5,8-13,15H2,1-4H3,(H,21,24). The predicted octanol–water partition coefficient (Wildman–Crippen LogP) is 1.71. The Balaban J connectivity index is 1.90. The number of hydrogen-bond acceptors (Lipinski definition) is 6. The quantitative estimate of drug-likeness (QED) is 0.572. The Bertz CT molecular complexity index is 776. The molecule has 2 rings (SSSR count). The average molecular weight is 428 g/mol. The zero-order valence-electron chi connectivity index (χ0n) is 17.8. The number of methoxy groups -OCH3 is 2.